The van der Waals surface area contributed by atoms with Gasteiger partial charge in [-0.2, -0.15) is 0 Å². The first-order chi connectivity index (χ1) is 7.16. The summed E-state index contributed by atoms with van der Waals surface area (Å²) in [6.45, 7) is 4.75. The fourth-order valence-electron chi connectivity index (χ4n) is 2.09. The van der Waals surface area contributed by atoms with Gasteiger partial charge in [-0.05, 0) is 38.8 Å². The first kappa shape index (κ1) is 10.4. The number of hydrogen-bond donors (Lipinski definition) is 0. The second kappa shape index (κ2) is 4.15. The topological polar surface area (TPSA) is 26.3 Å². The van der Waals surface area contributed by atoms with Gasteiger partial charge in [0.25, 0.3) is 0 Å². The number of aryl methyl sites for hydroxylation is 2. The lowest BCUT2D eigenvalue weighted by Gasteiger charge is -2.09. The van der Waals surface area contributed by atoms with Crippen LogP contribution in [0.4, 0.5) is 0 Å². The van der Waals surface area contributed by atoms with E-state index in [1.54, 1.807) is 0 Å². The van der Waals surface area contributed by atoms with Crippen LogP contribution in [0.2, 0.25) is 0 Å². The first-order valence-electron chi connectivity index (χ1n) is 5.41. The molecule has 1 fully saturated rings. The van der Waals surface area contributed by atoms with Gasteiger partial charge in [-0.15, -0.1) is 0 Å². The Kier molecular flexibility index (Phi) is 2.87. The van der Waals surface area contributed by atoms with E-state index in [0.717, 1.165) is 36.1 Å². The van der Waals surface area contributed by atoms with Gasteiger partial charge in [-0.3, -0.25) is 4.79 Å². The van der Waals surface area contributed by atoms with Gasteiger partial charge in [0.1, 0.15) is 6.10 Å². The number of carbonyl (C=O) groups is 1. The Hall–Kier alpha value is -1.15. The summed E-state index contributed by atoms with van der Waals surface area (Å²) >= 11 is 0. The molecule has 0 aliphatic carbocycles. The zero-order valence-corrected chi connectivity index (χ0v) is 9.25. The van der Waals surface area contributed by atoms with Crippen LogP contribution in [-0.4, -0.2) is 18.5 Å². The molecule has 2 heteroatoms. The normalized spacial score (nSPS) is 20.5. The third-order valence-corrected chi connectivity index (χ3v) is 2.73. The summed E-state index contributed by atoms with van der Waals surface area (Å²) in [7, 11) is 0. The van der Waals surface area contributed by atoms with Crippen LogP contribution in [0.1, 0.15) is 34.3 Å². The van der Waals surface area contributed by atoms with E-state index in [0.29, 0.717) is 0 Å². The van der Waals surface area contributed by atoms with Crippen molar-refractivity contribution in [3.63, 3.8) is 0 Å². The van der Waals surface area contributed by atoms with Crippen molar-refractivity contribution in [2.75, 3.05) is 6.61 Å². The smallest absolute Gasteiger partial charge is 0.191 e. The van der Waals surface area contributed by atoms with Gasteiger partial charge in [-0.25, -0.2) is 0 Å². The summed E-state index contributed by atoms with van der Waals surface area (Å²) in [5.41, 5.74) is 3.06. The van der Waals surface area contributed by atoms with Gasteiger partial charge in [0.2, 0.25) is 0 Å². The summed E-state index contributed by atoms with van der Waals surface area (Å²) in [5, 5.41) is 0. The summed E-state index contributed by atoms with van der Waals surface area (Å²) in [5.74, 6) is 0.138. The molecule has 2 rings (SSSR count). The third kappa shape index (κ3) is 2.26. The molecule has 1 heterocycles. The molecule has 1 aromatic carbocycles. The Morgan fingerprint density at radius 2 is 1.93 bits per heavy atom. The van der Waals surface area contributed by atoms with Crippen LogP contribution in [-0.2, 0) is 4.74 Å². The van der Waals surface area contributed by atoms with Gasteiger partial charge >= 0.3 is 0 Å². The van der Waals surface area contributed by atoms with Gasteiger partial charge in [-0.1, -0.05) is 17.2 Å². The molecule has 0 radical (unpaired) electrons. The molecule has 0 saturated carbocycles. The molecular formula is C13H16O2. The van der Waals surface area contributed by atoms with Crippen molar-refractivity contribution in [3.05, 3.63) is 34.9 Å². The Morgan fingerprint density at radius 3 is 2.47 bits per heavy atom. The van der Waals surface area contributed by atoms with Crippen LogP contribution in [0.5, 0.6) is 0 Å². The minimum absolute atomic E-state index is 0.138. The second-order valence-corrected chi connectivity index (χ2v) is 4.24. The van der Waals surface area contributed by atoms with Crippen LogP contribution < -0.4 is 0 Å². The van der Waals surface area contributed by atoms with Crippen molar-refractivity contribution < 1.29 is 9.53 Å². The highest BCUT2D eigenvalue weighted by Gasteiger charge is 2.24. The minimum atomic E-state index is -0.203. The molecule has 0 aromatic heterocycles. The van der Waals surface area contributed by atoms with Crippen molar-refractivity contribution in [2.45, 2.75) is 32.8 Å². The number of ether oxygens (including phenoxy) is 1. The maximum absolute atomic E-state index is 12.0. The maximum atomic E-state index is 12.0. The van der Waals surface area contributed by atoms with E-state index in [1.165, 1.54) is 0 Å². The average molecular weight is 204 g/mol. The molecule has 1 aliphatic heterocycles. The highest BCUT2D eigenvalue weighted by atomic mass is 16.5. The molecule has 0 bridgehead atoms. The summed E-state index contributed by atoms with van der Waals surface area (Å²) < 4.78 is 5.40. The van der Waals surface area contributed by atoms with E-state index in [-0.39, 0.29) is 11.9 Å². The Labute approximate surface area is 90.3 Å². The Bertz CT molecular complexity index is 356. The lowest BCUT2D eigenvalue weighted by Crippen LogP contribution is -2.19. The van der Waals surface area contributed by atoms with Gasteiger partial charge in [0.05, 0.1) is 0 Å². The van der Waals surface area contributed by atoms with Crippen molar-refractivity contribution in [1.82, 2.24) is 0 Å². The number of Topliss-reactive ketones (excluding diaryl/α,β-unsaturated/α-hetero) is 1. The third-order valence-electron chi connectivity index (χ3n) is 2.73. The SMILES string of the molecule is Cc1cc(C)cc(C(=O)C2CCCO2)c1. The molecule has 2 nitrogen and oxygen atoms in total. The highest BCUT2D eigenvalue weighted by Crippen LogP contribution is 2.19. The van der Waals surface area contributed by atoms with Gasteiger partial charge < -0.3 is 4.74 Å². The summed E-state index contributed by atoms with van der Waals surface area (Å²) in [6, 6.07) is 5.96. The molecule has 0 spiro atoms. The molecule has 1 aliphatic rings. The first-order valence-corrected chi connectivity index (χ1v) is 5.41. The van der Waals surface area contributed by atoms with E-state index < -0.39 is 0 Å². The number of hydrogen-bond acceptors (Lipinski definition) is 2. The zero-order chi connectivity index (χ0) is 10.8. The van der Waals surface area contributed by atoms with Crippen molar-refractivity contribution in [2.24, 2.45) is 0 Å². The van der Waals surface area contributed by atoms with Crippen molar-refractivity contribution >= 4 is 5.78 Å². The number of benzene rings is 1. The predicted molar refractivity (Wildman–Crippen MR) is 59.2 cm³/mol. The molecule has 1 unspecified atom stereocenters. The Balaban J connectivity index is 2.24. The summed E-state index contributed by atoms with van der Waals surface area (Å²) in [4.78, 5) is 12.0. The molecule has 1 saturated heterocycles. The van der Waals surface area contributed by atoms with Gasteiger partial charge in [0.15, 0.2) is 5.78 Å². The van der Waals surface area contributed by atoms with Crippen molar-refractivity contribution in [3.8, 4) is 0 Å². The fraction of sp³-hybridized carbons (Fsp3) is 0.462. The van der Waals surface area contributed by atoms with Crippen molar-refractivity contribution in [1.29, 1.82) is 0 Å². The fourth-order valence-corrected chi connectivity index (χ4v) is 2.09. The molecule has 15 heavy (non-hydrogen) atoms. The van der Waals surface area contributed by atoms with E-state index in [4.69, 9.17) is 4.74 Å². The molecule has 1 atom stereocenters. The van der Waals surface area contributed by atoms with Crippen LogP contribution >= 0.6 is 0 Å². The molecule has 1 aromatic rings. The van der Waals surface area contributed by atoms with E-state index in [9.17, 15) is 4.79 Å². The Morgan fingerprint density at radius 1 is 1.27 bits per heavy atom. The van der Waals surface area contributed by atoms with E-state index in [2.05, 4.69) is 6.07 Å². The van der Waals surface area contributed by atoms with E-state index in [1.807, 2.05) is 26.0 Å². The number of ketones is 1. The lowest BCUT2D eigenvalue weighted by atomic mass is 10.00. The quantitative estimate of drug-likeness (QED) is 0.692. The average Bonchev–Trinajstić information content (AvgIpc) is 2.67. The van der Waals surface area contributed by atoms with Crippen LogP contribution in [0.3, 0.4) is 0 Å². The predicted octanol–water partition coefficient (Wildman–Crippen LogP) is 2.67. The summed E-state index contributed by atoms with van der Waals surface area (Å²) in [6.07, 6.45) is 1.67. The number of carbonyl (C=O) groups excluding carboxylic acids is 1. The lowest BCUT2D eigenvalue weighted by molar-refractivity contribution is 0.0643. The molecule has 0 amide bonds. The van der Waals surface area contributed by atoms with Crippen LogP contribution in [0.25, 0.3) is 0 Å². The van der Waals surface area contributed by atoms with Crippen LogP contribution in [0.15, 0.2) is 18.2 Å². The minimum Gasteiger partial charge on any atom is -0.370 e. The van der Waals surface area contributed by atoms with Gasteiger partial charge in [0, 0.05) is 12.2 Å². The van der Waals surface area contributed by atoms with E-state index >= 15 is 0 Å². The molecule has 80 valence electrons. The zero-order valence-electron chi connectivity index (χ0n) is 9.25. The largest absolute Gasteiger partial charge is 0.370 e. The molecular weight excluding hydrogens is 188 g/mol. The standard InChI is InChI=1S/C13H16O2/c1-9-6-10(2)8-11(7-9)13(14)12-4-3-5-15-12/h6-8,12H,3-5H2,1-2H3. The second-order valence-electron chi connectivity index (χ2n) is 4.24. The number of rotatable bonds is 2. The maximum Gasteiger partial charge on any atom is 0.191 e. The highest BCUT2D eigenvalue weighted by molar-refractivity contribution is 5.99. The monoisotopic (exact) mass is 204 g/mol. The molecule has 0 N–H and O–H groups in total. The van der Waals surface area contributed by atoms with Crippen LogP contribution in [0, 0.1) is 13.8 Å².